The van der Waals surface area contributed by atoms with Crippen molar-refractivity contribution in [2.75, 3.05) is 51.4 Å². The molecule has 0 unspecified atom stereocenters. The number of amides is 2. The maximum Gasteiger partial charge on any atom is 0.274 e. The number of benzene rings is 1. The third kappa shape index (κ3) is 5.61. The van der Waals surface area contributed by atoms with Gasteiger partial charge in [-0.1, -0.05) is 6.07 Å². The number of carbonyl (C=O) groups excluding carboxylic acids is 2. The Morgan fingerprint density at radius 2 is 1.90 bits per heavy atom. The van der Waals surface area contributed by atoms with Crippen molar-refractivity contribution in [3.63, 3.8) is 0 Å². The van der Waals surface area contributed by atoms with Gasteiger partial charge in [0, 0.05) is 37.6 Å². The van der Waals surface area contributed by atoms with Crippen LogP contribution in [0.2, 0.25) is 0 Å². The molecule has 0 atom stereocenters. The van der Waals surface area contributed by atoms with Crippen molar-refractivity contribution in [1.29, 1.82) is 0 Å². The van der Waals surface area contributed by atoms with E-state index in [1.165, 1.54) is 6.08 Å². The van der Waals surface area contributed by atoms with Gasteiger partial charge in [-0.25, -0.2) is 9.97 Å². The van der Waals surface area contributed by atoms with E-state index >= 15 is 0 Å². The molecule has 12 heteroatoms. The summed E-state index contributed by atoms with van der Waals surface area (Å²) in [7, 11) is 1.75. The third-order valence-corrected chi connectivity index (χ3v) is 8.93. The van der Waals surface area contributed by atoms with Crippen LogP contribution in [-0.2, 0) is 14.3 Å². The smallest absolute Gasteiger partial charge is 0.274 e. The number of hydrogen-bond acceptors (Lipinski definition) is 10. The fourth-order valence-corrected chi connectivity index (χ4v) is 6.58. The first-order chi connectivity index (χ1) is 19.0. The van der Waals surface area contributed by atoms with E-state index in [1.54, 1.807) is 34.6 Å². The number of hydrogen-bond donors (Lipinski definition) is 1. The molecule has 1 aromatic carbocycles. The number of nitrogens with one attached hydrogen (secondary N) is 1. The molecule has 2 amide bonds. The Bertz CT molecular complexity index is 1560. The zero-order chi connectivity index (χ0) is 26.9. The predicted octanol–water partition coefficient (Wildman–Crippen LogP) is 4.50. The number of thiophene rings is 2. The fraction of sp³-hybridized carbons (Fsp3) is 0.286. The molecule has 0 saturated carbocycles. The fourth-order valence-electron chi connectivity index (χ4n) is 4.74. The molecule has 4 aromatic rings. The molecular formula is C28H28ClN5O4S2. The number of anilines is 1. The summed E-state index contributed by atoms with van der Waals surface area (Å²) in [5.41, 5.74) is 2.32. The molecule has 5 heterocycles. The number of halogens is 1. The van der Waals surface area contributed by atoms with Gasteiger partial charge < -0.3 is 14.4 Å². The van der Waals surface area contributed by atoms with Crippen molar-refractivity contribution in [2.24, 2.45) is 0 Å². The molecule has 6 rings (SSSR count). The van der Waals surface area contributed by atoms with Crippen molar-refractivity contribution >= 4 is 62.9 Å². The summed E-state index contributed by atoms with van der Waals surface area (Å²) in [5, 5.41) is 5.16. The topological polar surface area (TPSA) is 96.9 Å². The number of aryl methyl sites for hydroxylation is 1. The minimum Gasteiger partial charge on any atom is -0.492 e. The van der Waals surface area contributed by atoms with Gasteiger partial charge in [-0.05, 0) is 53.8 Å². The lowest BCUT2D eigenvalue weighted by Gasteiger charge is -2.26. The van der Waals surface area contributed by atoms with Gasteiger partial charge in [0.05, 0.1) is 23.5 Å². The molecular weight excluding hydrogens is 570 g/mol. The maximum absolute atomic E-state index is 12.5. The van der Waals surface area contributed by atoms with Gasteiger partial charge in [0.2, 0.25) is 0 Å². The largest absolute Gasteiger partial charge is 0.492 e. The lowest BCUT2D eigenvalue weighted by atomic mass is 10.1. The van der Waals surface area contributed by atoms with Crippen LogP contribution >= 0.6 is 35.1 Å². The molecule has 208 valence electrons. The predicted molar refractivity (Wildman–Crippen MR) is 161 cm³/mol. The van der Waals surface area contributed by atoms with Crippen LogP contribution in [0.4, 0.5) is 5.82 Å². The highest BCUT2D eigenvalue weighted by molar-refractivity contribution is 7.22. The molecule has 40 heavy (non-hydrogen) atoms. The number of imide groups is 1. The molecule has 2 aliphatic heterocycles. The number of rotatable bonds is 8. The summed E-state index contributed by atoms with van der Waals surface area (Å²) >= 11 is 3.14. The standard InChI is InChI=1S/C28H27N5O4S2.ClH/c1-17-23-26(32(2)20-16-22(34)29-27(20)35)30-25(21-4-3-15-38-21)31-28(23)39-24(17)18-5-7-19(8-6-18)37-14-11-33-9-12-36-13-10-33;/h3-8,15-16H,9-14H2,1-2H3,(H,29,34,35);1H. The first-order valence-corrected chi connectivity index (χ1v) is 14.4. The van der Waals surface area contributed by atoms with Crippen LogP contribution < -0.4 is 15.0 Å². The van der Waals surface area contributed by atoms with E-state index < -0.39 is 11.8 Å². The molecule has 0 bridgehead atoms. The van der Waals surface area contributed by atoms with Gasteiger partial charge in [0.25, 0.3) is 11.8 Å². The van der Waals surface area contributed by atoms with Crippen molar-refractivity contribution < 1.29 is 19.1 Å². The number of fused-ring (bicyclic) bond motifs is 1. The summed E-state index contributed by atoms with van der Waals surface area (Å²) in [6.07, 6.45) is 1.31. The van der Waals surface area contributed by atoms with Crippen LogP contribution in [0, 0.1) is 6.92 Å². The van der Waals surface area contributed by atoms with E-state index in [-0.39, 0.29) is 18.1 Å². The highest BCUT2D eigenvalue weighted by Gasteiger charge is 2.28. The van der Waals surface area contributed by atoms with Crippen LogP contribution in [0.1, 0.15) is 5.56 Å². The van der Waals surface area contributed by atoms with E-state index in [0.717, 1.165) is 69.7 Å². The van der Waals surface area contributed by atoms with Crippen molar-refractivity contribution in [2.45, 2.75) is 6.92 Å². The van der Waals surface area contributed by atoms with Crippen LogP contribution in [0.15, 0.2) is 53.6 Å². The summed E-state index contributed by atoms with van der Waals surface area (Å²) in [4.78, 5) is 40.9. The molecule has 3 aromatic heterocycles. The molecule has 1 N–H and O–H groups in total. The number of morpholine rings is 1. The average Bonchev–Trinajstić information content (AvgIpc) is 3.68. The number of likely N-dealkylation sites (N-methyl/N-ethyl adjacent to an activating group) is 1. The highest BCUT2D eigenvalue weighted by Crippen LogP contribution is 2.43. The number of ether oxygens (including phenoxy) is 2. The van der Waals surface area contributed by atoms with Gasteiger partial charge >= 0.3 is 0 Å². The van der Waals surface area contributed by atoms with Crippen LogP contribution in [0.25, 0.3) is 31.4 Å². The second-order valence-corrected chi connectivity index (χ2v) is 11.3. The normalized spacial score (nSPS) is 15.6. The van der Waals surface area contributed by atoms with Gasteiger partial charge in [-0.2, -0.15) is 0 Å². The van der Waals surface area contributed by atoms with Crippen LogP contribution in [-0.4, -0.2) is 73.2 Å². The number of nitrogens with zero attached hydrogens (tertiary/aromatic N) is 4. The second kappa shape index (κ2) is 12.0. The zero-order valence-electron chi connectivity index (χ0n) is 22.0. The quantitative estimate of drug-likeness (QED) is 0.297. The summed E-state index contributed by atoms with van der Waals surface area (Å²) in [6.45, 7) is 7.00. The van der Waals surface area contributed by atoms with Gasteiger partial charge in [0.1, 0.15) is 28.7 Å². The van der Waals surface area contributed by atoms with Gasteiger partial charge in [-0.3, -0.25) is 19.8 Å². The Morgan fingerprint density at radius 1 is 1.12 bits per heavy atom. The Hall–Kier alpha value is -3.35. The van der Waals surface area contributed by atoms with Crippen LogP contribution in [0.5, 0.6) is 5.75 Å². The van der Waals surface area contributed by atoms with E-state index in [2.05, 4.69) is 22.3 Å². The minimum absolute atomic E-state index is 0. The molecule has 1 saturated heterocycles. The molecule has 0 aliphatic carbocycles. The Labute approximate surface area is 245 Å². The Kier molecular flexibility index (Phi) is 8.48. The Morgan fingerprint density at radius 3 is 2.58 bits per heavy atom. The summed E-state index contributed by atoms with van der Waals surface area (Å²) in [5.74, 6) is 1.13. The second-order valence-electron chi connectivity index (χ2n) is 9.32. The lowest BCUT2D eigenvalue weighted by Crippen LogP contribution is -2.38. The summed E-state index contributed by atoms with van der Waals surface area (Å²) < 4.78 is 11.4. The monoisotopic (exact) mass is 597 g/mol. The Balaban J connectivity index is 0.00000323. The molecule has 0 spiro atoms. The minimum atomic E-state index is -0.441. The SMILES string of the molecule is Cc1c(-c2ccc(OCCN3CCOCC3)cc2)sc2nc(-c3cccs3)nc(N(C)C3=CC(=O)NC3=O)c12.Cl. The van der Waals surface area contributed by atoms with Crippen molar-refractivity contribution in [3.05, 3.63) is 59.1 Å². The van der Waals surface area contributed by atoms with Gasteiger partial charge in [0.15, 0.2) is 5.82 Å². The average molecular weight is 598 g/mol. The molecule has 9 nitrogen and oxygen atoms in total. The van der Waals surface area contributed by atoms with Crippen molar-refractivity contribution in [3.8, 4) is 26.9 Å². The van der Waals surface area contributed by atoms with E-state index in [1.807, 2.05) is 36.6 Å². The van der Waals surface area contributed by atoms with E-state index in [9.17, 15) is 9.59 Å². The lowest BCUT2D eigenvalue weighted by molar-refractivity contribution is -0.123. The first kappa shape index (κ1) is 28.2. The van der Waals surface area contributed by atoms with E-state index in [4.69, 9.17) is 19.4 Å². The number of carbonyl (C=O) groups is 2. The van der Waals surface area contributed by atoms with Crippen molar-refractivity contribution in [1.82, 2.24) is 20.2 Å². The van der Waals surface area contributed by atoms with Gasteiger partial charge in [-0.15, -0.1) is 35.1 Å². The molecule has 2 aliphatic rings. The van der Waals surface area contributed by atoms with E-state index in [0.29, 0.717) is 18.2 Å². The maximum atomic E-state index is 12.5. The summed E-state index contributed by atoms with van der Waals surface area (Å²) in [6, 6.07) is 12.0. The molecule has 1 fully saturated rings. The zero-order valence-corrected chi connectivity index (χ0v) is 24.5. The first-order valence-electron chi connectivity index (χ1n) is 12.7. The van der Waals surface area contributed by atoms with Crippen LogP contribution in [0.3, 0.4) is 0 Å². The molecule has 0 radical (unpaired) electrons. The highest BCUT2D eigenvalue weighted by atomic mass is 35.5. The number of aromatic nitrogens is 2. The third-order valence-electron chi connectivity index (χ3n) is 6.83.